The van der Waals surface area contributed by atoms with E-state index < -0.39 is 0 Å². The molecule has 0 atom stereocenters. The van der Waals surface area contributed by atoms with E-state index in [0.717, 1.165) is 5.69 Å². The van der Waals surface area contributed by atoms with Crippen molar-refractivity contribution in [2.24, 2.45) is 0 Å². The summed E-state index contributed by atoms with van der Waals surface area (Å²) < 4.78 is 20.6. The van der Waals surface area contributed by atoms with E-state index in [-0.39, 0.29) is 11.4 Å². The zero-order chi connectivity index (χ0) is 18.6. The smallest absolute Gasteiger partial charge is 0.258 e. The highest BCUT2D eigenvalue weighted by atomic mass is 19.1. The van der Waals surface area contributed by atoms with Gasteiger partial charge in [0.25, 0.3) is 5.56 Å². The number of ether oxygens (including phenoxy) is 1. The van der Waals surface area contributed by atoms with Gasteiger partial charge in [-0.05, 0) is 36.4 Å². The number of anilines is 1. The van der Waals surface area contributed by atoms with Gasteiger partial charge in [-0.15, -0.1) is 0 Å². The first-order valence-electron chi connectivity index (χ1n) is 8.43. The number of nitrogens with one attached hydrogen (secondary N) is 1. The van der Waals surface area contributed by atoms with Crippen molar-refractivity contribution in [3.63, 3.8) is 0 Å². The summed E-state index contributed by atoms with van der Waals surface area (Å²) in [5, 5.41) is 3.23. The van der Waals surface area contributed by atoms with Crippen LogP contribution in [0.1, 0.15) is 5.69 Å². The monoisotopic (exact) mass is 361 g/mol. The van der Waals surface area contributed by atoms with Gasteiger partial charge in [0.15, 0.2) is 5.75 Å². The number of aromatic nitrogens is 2. The lowest BCUT2D eigenvalue weighted by Crippen LogP contribution is -2.16. The Kier molecular flexibility index (Phi) is 4.53. The van der Waals surface area contributed by atoms with E-state index in [1.807, 2.05) is 24.3 Å². The first-order valence-corrected chi connectivity index (χ1v) is 8.43. The van der Waals surface area contributed by atoms with E-state index >= 15 is 0 Å². The summed E-state index contributed by atoms with van der Waals surface area (Å²) in [6, 6.07) is 20.2. The molecule has 0 amide bonds. The number of rotatable bonds is 5. The minimum Gasteiger partial charge on any atom is -0.455 e. The second kappa shape index (κ2) is 7.29. The SMILES string of the molecule is O=c1cc(CNc2ccccc2Oc2cccc(F)c2)nc2ccccn12. The van der Waals surface area contributed by atoms with Gasteiger partial charge < -0.3 is 10.1 Å². The van der Waals surface area contributed by atoms with Crippen LogP contribution in [-0.2, 0) is 6.54 Å². The number of pyridine rings is 1. The second-order valence-corrected chi connectivity index (χ2v) is 5.92. The van der Waals surface area contributed by atoms with Gasteiger partial charge in [0.2, 0.25) is 0 Å². The lowest BCUT2D eigenvalue weighted by Gasteiger charge is -2.13. The van der Waals surface area contributed by atoms with Gasteiger partial charge in [-0.25, -0.2) is 9.37 Å². The molecular weight excluding hydrogens is 345 g/mol. The third kappa shape index (κ3) is 3.79. The van der Waals surface area contributed by atoms with Crippen LogP contribution in [-0.4, -0.2) is 9.38 Å². The van der Waals surface area contributed by atoms with Crippen LogP contribution in [0.15, 0.2) is 83.8 Å². The van der Waals surface area contributed by atoms with Crippen molar-refractivity contribution < 1.29 is 9.13 Å². The molecule has 4 rings (SSSR count). The van der Waals surface area contributed by atoms with Crippen molar-refractivity contribution in [2.45, 2.75) is 6.54 Å². The molecule has 4 aromatic rings. The predicted molar refractivity (Wildman–Crippen MR) is 102 cm³/mol. The number of para-hydroxylation sites is 2. The minimum absolute atomic E-state index is 0.137. The summed E-state index contributed by atoms with van der Waals surface area (Å²) >= 11 is 0. The highest BCUT2D eigenvalue weighted by Gasteiger charge is 2.07. The third-order valence-electron chi connectivity index (χ3n) is 3.99. The molecule has 0 aliphatic rings. The van der Waals surface area contributed by atoms with Gasteiger partial charge in [0.05, 0.1) is 17.9 Å². The molecule has 0 aliphatic carbocycles. The van der Waals surface area contributed by atoms with Gasteiger partial charge >= 0.3 is 0 Å². The van der Waals surface area contributed by atoms with Crippen molar-refractivity contribution in [1.29, 1.82) is 0 Å². The molecule has 1 N–H and O–H groups in total. The predicted octanol–water partition coefficient (Wildman–Crippen LogP) is 4.24. The fourth-order valence-electron chi connectivity index (χ4n) is 2.74. The summed E-state index contributed by atoms with van der Waals surface area (Å²) in [6.07, 6.45) is 1.68. The molecule has 5 nitrogen and oxygen atoms in total. The molecule has 134 valence electrons. The number of fused-ring (bicyclic) bond motifs is 1. The number of hydrogen-bond acceptors (Lipinski definition) is 4. The maximum atomic E-state index is 13.4. The zero-order valence-electron chi connectivity index (χ0n) is 14.3. The fourth-order valence-corrected chi connectivity index (χ4v) is 2.74. The van der Waals surface area contributed by atoms with Gasteiger partial charge in [-0.3, -0.25) is 9.20 Å². The highest BCUT2D eigenvalue weighted by molar-refractivity contribution is 5.57. The van der Waals surface area contributed by atoms with E-state index in [9.17, 15) is 9.18 Å². The highest BCUT2D eigenvalue weighted by Crippen LogP contribution is 2.29. The average Bonchev–Trinajstić information content (AvgIpc) is 2.67. The molecule has 2 aromatic heterocycles. The van der Waals surface area contributed by atoms with Crippen LogP contribution < -0.4 is 15.6 Å². The summed E-state index contributed by atoms with van der Waals surface area (Å²) in [5.74, 6) is 0.603. The van der Waals surface area contributed by atoms with E-state index in [1.54, 1.807) is 36.5 Å². The van der Waals surface area contributed by atoms with Crippen molar-refractivity contribution in [3.05, 3.63) is 101 Å². The van der Waals surface area contributed by atoms with Crippen LogP contribution in [0.3, 0.4) is 0 Å². The lowest BCUT2D eigenvalue weighted by molar-refractivity contribution is 0.478. The third-order valence-corrected chi connectivity index (χ3v) is 3.99. The maximum absolute atomic E-state index is 13.4. The van der Waals surface area contributed by atoms with E-state index in [0.29, 0.717) is 29.4 Å². The van der Waals surface area contributed by atoms with Crippen LogP contribution in [0.2, 0.25) is 0 Å². The standard InChI is InChI=1S/C21H16FN3O2/c22-15-6-5-7-17(12-15)27-19-9-2-1-8-18(19)23-14-16-13-21(26)25-11-4-3-10-20(25)24-16/h1-13,23H,14H2. The Bertz CT molecular complexity index is 1160. The Morgan fingerprint density at radius 3 is 2.74 bits per heavy atom. The molecule has 0 unspecified atom stereocenters. The molecular formula is C21H16FN3O2. The van der Waals surface area contributed by atoms with Crippen LogP contribution in [0.4, 0.5) is 10.1 Å². The summed E-state index contributed by atoms with van der Waals surface area (Å²) in [4.78, 5) is 16.7. The Hall–Kier alpha value is -3.67. The quantitative estimate of drug-likeness (QED) is 0.578. The molecule has 0 fully saturated rings. The normalized spacial score (nSPS) is 10.7. The Labute approximate surface area is 154 Å². The molecule has 6 heteroatoms. The molecule has 0 aliphatic heterocycles. The van der Waals surface area contributed by atoms with Crippen molar-refractivity contribution >= 4 is 11.3 Å². The van der Waals surface area contributed by atoms with Gasteiger partial charge in [-0.2, -0.15) is 0 Å². The largest absolute Gasteiger partial charge is 0.455 e. The first-order chi connectivity index (χ1) is 13.2. The van der Waals surface area contributed by atoms with Crippen LogP contribution in [0.25, 0.3) is 5.65 Å². The average molecular weight is 361 g/mol. The van der Waals surface area contributed by atoms with Crippen LogP contribution in [0.5, 0.6) is 11.5 Å². The Morgan fingerprint density at radius 2 is 1.85 bits per heavy atom. The minimum atomic E-state index is -0.362. The first kappa shape index (κ1) is 16.8. The number of hydrogen-bond donors (Lipinski definition) is 1. The van der Waals surface area contributed by atoms with Crippen molar-refractivity contribution in [2.75, 3.05) is 5.32 Å². The second-order valence-electron chi connectivity index (χ2n) is 5.92. The number of halogens is 1. The fraction of sp³-hybridized carbons (Fsp3) is 0.0476. The zero-order valence-corrected chi connectivity index (χ0v) is 14.3. The molecule has 0 saturated carbocycles. The molecule has 2 heterocycles. The Morgan fingerprint density at radius 1 is 1.00 bits per heavy atom. The number of benzene rings is 2. The number of nitrogens with zero attached hydrogens (tertiary/aromatic N) is 2. The molecule has 0 bridgehead atoms. The summed E-state index contributed by atoms with van der Waals surface area (Å²) in [7, 11) is 0. The van der Waals surface area contributed by atoms with Crippen molar-refractivity contribution in [1.82, 2.24) is 9.38 Å². The van der Waals surface area contributed by atoms with E-state index in [4.69, 9.17) is 4.74 Å². The molecule has 0 spiro atoms. The summed E-state index contributed by atoms with van der Waals surface area (Å²) in [5.41, 5.74) is 1.79. The van der Waals surface area contributed by atoms with Crippen LogP contribution >= 0.6 is 0 Å². The van der Waals surface area contributed by atoms with Crippen molar-refractivity contribution in [3.8, 4) is 11.5 Å². The maximum Gasteiger partial charge on any atom is 0.258 e. The van der Waals surface area contributed by atoms with E-state index in [1.165, 1.54) is 22.6 Å². The molecule has 27 heavy (non-hydrogen) atoms. The van der Waals surface area contributed by atoms with E-state index in [2.05, 4.69) is 10.3 Å². The van der Waals surface area contributed by atoms with Gasteiger partial charge in [-0.1, -0.05) is 24.3 Å². The van der Waals surface area contributed by atoms with Crippen LogP contribution in [0, 0.1) is 5.82 Å². The topological polar surface area (TPSA) is 55.6 Å². The molecule has 2 aromatic carbocycles. The van der Waals surface area contributed by atoms with Gasteiger partial charge in [0.1, 0.15) is 17.2 Å². The summed E-state index contributed by atoms with van der Waals surface area (Å²) in [6.45, 7) is 0.351. The molecule has 0 radical (unpaired) electrons. The van der Waals surface area contributed by atoms with Gasteiger partial charge in [0, 0.05) is 18.3 Å². The lowest BCUT2D eigenvalue weighted by atomic mass is 10.2. The molecule has 0 saturated heterocycles. The Balaban J connectivity index is 1.56.